The first kappa shape index (κ1) is 20.1. The molecule has 1 amide bonds. The molecule has 1 aliphatic rings. The van der Waals surface area contributed by atoms with Crippen LogP contribution in [0.4, 0.5) is 0 Å². The second kappa shape index (κ2) is 8.35. The first-order valence-corrected chi connectivity index (χ1v) is 10.3. The van der Waals surface area contributed by atoms with Gasteiger partial charge in [-0.15, -0.1) is 0 Å². The van der Waals surface area contributed by atoms with Gasteiger partial charge in [0.1, 0.15) is 6.54 Å². The van der Waals surface area contributed by atoms with Crippen molar-refractivity contribution in [1.82, 2.24) is 34.4 Å². The molecule has 1 aliphatic heterocycles. The van der Waals surface area contributed by atoms with Crippen LogP contribution in [0.1, 0.15) is 0 Å². The van der Waals surface area contributed by atoms with Gasteiger partial charge in [0.15, 0.2) is 5.82 Å². The molecule has 32 heavy (non-hydrogen) atoms. The summed E-state index contributed by atoms with van der Waals surface area (Å²) in [7, 11) is 3.70. The Balaban J connectivity index is 1.30. The van der Waals surface area contributed by atoms with Crippen LogP contribution >= 0.6 is 0 Å². The number of carbonyl (C=O) groups is 1. The van der Waals surface area contributed by atoms with Crippen LogP contribution in [-0.4, -0.2) is 66.6 Å². The van der Waals surface area contributed by atoms with Crippen molar-refractivity contribution in [2.45, 2.75) is 12.6 Å². The van der Waals surface area contributed by atoms with E-state index in [1.165, 1.54) is 0 Å². The number of ether oxygens (including phenoxy) is 1. The molecular weight excluding hydrogens is 406 g/mol. The van der Waals surface area contributed by atoms with Crippen LogP contribution in [0.3, 0.4) is 0 Å². The third-order valence-corrected chi connectivity index (χ3v) is 5.64. The van der Waals surface area contributed by atoms with E-state index in [9.17, 15) is 4.79 Å². The number of carbonyl (C=O) groups excluding carboxylic acids is 1. The summed E-state index contributed by atoms with van der Waals surface area (Å²) >= 11 is 0. The molecule has 0 radical (unpaired) electrons. The Hall–Kier alpha value is -3.85. The fraction of sp³-hybridized carbons (Fsp3) is 0.261. The average Bonchev–Trinajstić information content (AvgIpc) is 3.42. The SMILES string of the molecule is CN(C(=O)Cn1cc(-c2cnc(-c3cccc(-c4cnn(C)c4)c3)nc2)cn1)C1COC1. The highest BCUT2D eigenvalue weighted by atomic mass is 16.5. The van der Waals surface area contributed by atoms with Gasteiger partial charge in [0.05, 0.1) is 31.6 Å². The zero-order valence-corrected chi connectivity index (χ0v) is 17.9. The van der Waals surface area contributed by atoms with Crippen LogP contribution in [0, 0.1) is 0 Å². The topological polar surface area (TPSA) is 91.0 Å². The van der Waals surface area contributed by atoms with Crippen molar-refractivity contribution in [2.75, 3.05) is 20.3 Å². The molecule has 0 aliphatic carbocycles. The van der Waals surface area contributed by atoms with Gasteiger partial charge < -0.3 is 9.64 Å². The Morgan fingerprint density at radius 2 is 1.72 bits per heavy atom. The normalized spacial score (nSPS) is 13.7. The Morgan fingerprint density at radius 1 is 1.00 bits per heavy atom. The van der Waals surface area contributed by atoms with E-state index >= 15 is 0 Å². The number of amides is 1. The second-order valence-corrected chi connectivity index (χ2v) is 7.90. The van der Waals surface area contributed by atoms with Crippen LogP contribution < -0.4 is 0 Å². The molecule has 4 aromatic rings. The largest absolute Gasteiger partial charge is 0.377 e. The summed E-state index contributed by atoms with van der Waals surface area (Å²) < 4.78 is 8.57. The second-order valence-electron chi connectivity index (χ2n) is 7.90. The number of aryl methyl sites for hydroxylation is 1. The first-order chi connectivity index (χ1) is 15.6. The van der Waals surface area contributed by atoms with Gasteiger partial charge in [-0.2, -0.15) is 10.2 Å². The van der Waals surface area contributed by atoms with Gasteiger partial charge in [-0.1, -0.05) is 18.2 Å². The van der Waals surface area contributed by atoms with Crippen LogP contribution in [0.2, 0.25) is 0 Å². The van der Waals surface area contributed by atoms with Gasteiger partial charge in [0.25, 0.3) is 0 Å². The highest BCUT2D eigenvalue weighted by Gasteiger charge is 2.26. The fourth-order valence-corrected chi connectivity index (χ4v) is 3.53. The molecule has 1 aromatic carbocycles. The number of rotatable bonds is 6. The summed E-state index contributed by atoms with van der Waals surface area (Å²) in [6.07, 6.45) is 10.9. The Labute approximate surface area is 185 Å². The van der Waals surface area contributed by atoms with Crippen LogP contribution in [-0.2, 0) is 23.1 Å². The molecule has 1 fully saturated rings. The molecule has 1 saturated heterocycles. The van der Waals surface area contributed by atoms with Crippen LogP contribution in [0.25, 0.3) is 33.6 Å². The summed E-state index contributed by atoms with van der Waals surface area (Å²) in [5.41, 5.74) is 4.75. The van der Waals surface area contributed by atoms with Crippen molar-refractivity contribution in [3.63, 3.8) is 0 Å². The summed E-state index contributed by atoms with van der Waals surface area (Å²) in [6.45, 7) is 1.38. The summed E-state index contributed by atoms with van der Waals surface area (Å²) in [5, 5.41) is 8.55. The lowest BCUT2D eigenvalue weighted by Crippen LogP contribution is -2.50. The lowest BCUT2D eigenvalue weighted by Gasteiger charge is -2.34. The minimum absolute atomic E-state index is 0.00745. The number of benzene rings is 1. The molecule has 0 spiro atoms. The van der Waals surface area contributed by atoms with E-state index in [2.05, 4.69) is 26.2 Å². The van der Waals surface area contributed by atoms with Gasteiger partial charge >= 0.3 is 0 Å². The van der Waals surface area contributed by atoms with E-state index in [-0.39, 0.29) is 18.5 Å². The summed E-state index contributed by atoms with van der Waals surface area (Å²) in [6, 6.07) is 8.24. The van der Waals surface area contributed by atoms with Crippen molar-refractivity contribution in [3.8, 4) is 33.6 Å². The molecule has 0 N–H and O–H groups in total. The summed E-state index contributed by atoms with van der Waals surface area (Å²) in [4.78, 5) is 23.2. The summed E-state index contributed by atoms with van der Waals surface area (Å²) in [5.74, 6) is 0.652. The smallest absolute Gasteiger partial charge is 0.244 e. The van der Waals surface area contributed by atoms with Gasteiger partial charge in [-0.05, 0) is 11.6 Å². The standard InChI is InChI=1S/C23H23N7O2/c1-28-11-19(9-26-28)16-4-3-5-17(6-16)23-24-7-18(8-25-23)20-10-27-30(12-20)13-22(31)29(2)21-14-32-15-21/h3-12,21H,13-15H2,1-2H3. The van der Waals surface area contributed by atoms with Crippen molar-refractivity contribution in [3.05, 3.63) is 61.4 Å². The molecular formula is C23H23N7O2. The third-order valence-electron chi connectivity index (χ3n) is 5.64. The molecule has 0 atom stereocenters. The van der Waals surface area contributed by atoms with Gasteiger partial charge in [0.2, 0.25) is 5.91 Å². The van der Waals surface area contributed by atoms with E-state index in [4.69, 9.17) is 4.74 Å². The van der Waals surface area contributed by atoms with E-state index < -0.39 is 0 Å². The quantitative estimate of drug-likeness (QED) is 0.467. The predicted octanol–water partition coefficient (Wildman–Crippen LogP) is 2.26. The van der Waals surface area contributed by atoms with Gasteiger partial charge in [-0.25, -0.2) is 9.97 Å². The maximum atomic E-state index is 12.4. The molecule has 5 rings (SSSR count). The highest BCUT2D eigenvalue weighted by Crippen LogP contribution is 2.25. The lowest BCUT2D eigenvalue weighted by molar-refractivity contribution is -0.142. The Morgan fingerprint density at radius 3 is 2.41 bits per heavy atom. The van der Waals surface area contributed by atoms with Crippen molar-refractivity contribution in [1.29, 1.82) is 0 Å². The van der Waals surface area contributed by atoms with Crippen molar-refractivity contribution < 1.29 is 9.53 Å². The maximum Gasteiger partial charge on any atom is 0.244 e. The van der Waals surface area contributed by atoms with E-state index in [0.717, 1.165) is 27.8 Å². The molecule has 0 saturated carbocycles. The van der Waals surface area contributed by atoms with Gasteiger partial charge in [-0.3, -0.25) is 14.2 Å². The zero-order valence-electron chi connectivity index (χ0n) is 17.9. The predicted molar refractivity (Wildman–Crippen MR) is 118 cm³/mol. The first-order valence-electron chi connectivity index (χ1n) is 10.3. The molecule has 162 valence electrons. The van der Waals surface area contributed by atoms with Crippen LogP contribution in [0.5, 0.6) is 0 Å². The third kappa shape index (κ3) is 4.02. The number of aromatic nitrogens is 6. The zero-order chi connectivity index (χ0) is 22.1. The Bertz CT molecular complexity index is 1240. The van der Waals surface area contributed by atoms with E-state index in [0.29, 0.717) is 19.0 Å². The lowest BCUT2D eigenvalue weighted by atomic mass is 10.1. The number of hydrogen-bond donors (Lipinski definition) is 0. The van der Waals surface area contributed by atoms with Crippen molar-refractivity contribution in [2.24, 2.45) is 7.05 Å². The average molecular weight is 429 g/mol. The molecule has 4 heterocycles. The van der Waals surface area contributed by atoms with E-state index in [1.54, 1.807) is 39.9 Å². The van der Waals surface area contributed by atoms with E-state index in [1.807, 2.05) is 43.8 Å². The number of nitrogens with zero attached hydrogens (tertiary/aromatic N) is 7. The molecule has 0 bridgehead atoms. The highest BCUT2D eigenvalue weighted by molar-refractivity contribution is 5.76. The van der Waals surface area contributed by atoms with Crippen LogP contribution in [0.15, 0.2) is 61.4 Å². The molecule has 3 aromatic heterocycles. The maximum absolute atomic E-state index is 12.4. The Kier molecular flexibility index (Phi) is 5.24. The number of hydrogen-bond acceptors (Lipinski definition) is 6. The fourth-order valence-electron chi connectivity index (χ4n) is 3.53. The number of likely N-dealkylation sites (N-methyl/N-ethyl adjacent to an activating group) is 1. The monoisotopic (exact) mass is 429 g/mol. The molecule has 0 unspecified atom stereocenters. The minimum Gasteiger partial charge on any atom is -0.377 e. The van der Waals surface area contributed by atoms with Crippen molar-refractivity contribution >= 4 is 5.91 Å². The minimum atomic E-state index is 0.00745. The van der Waals surface area contributed by atoms with Gasteiger partial charge in [0, 0.05) is 61.1 Å². The molecule has 9 heteroatoms. The molecule has 9 nitrogen and oxygen atoms in total.